The van der Waals surface area contributed by atoms with E-state index in [1.54, 1.807) is 0 Å². The predicted octanol–water partition coefficient (Wildman–Crippen LogP) is 1.31. The van der Waals surface area contributed by atoms with Crippen LogP contribution in [0.5, 0.6) is 0 Å². The number of halogens is 1. The third-order valence-electron chi connectivity index (χ3n) is 3.71. The summed E-state index contributed by atoms with van der Waals surface area (Å²) in [6.07, 6.45) is 1.60. The third kappa shape index (κ3) is 4.19. The zero-order valence-corrected chi connectivity index (χ0v) is 13.0. The van der Waals surface area contributed by atoms with Crippen LogP contribution in [0.4, 0.5) is 11.4 Å². The van der Waals surface area contributed by atoms with E-state index in [9.17, 15) is 9.59 Å². The number of hydrogen-bond acceptors (Lipinski definition) is 4. The summed E-state index contributed by atoms with van der Waals surface area (Å²) in [5.74, 6) is 0.0143. The number of ether oxygens (including phenoxy) is 1. The van der Waals surface area contributed by atoms with Gasteiger partial charge in [0, 0.05) is 36.8 Å². The molecule has 3 N–H and O–H groups in total. The molecular formula is C15H20ClN3O3. The second kappa shape index (κ2) is 7.58. The number of benzene rings is 1. The van der Waals surface area contributed by atoms with Crippen LogP contribution in [0, 0.1) is 0 Å². The van der Waals surface area contributed by atoms with E-state index in [1.165, 1.54) is 0 Å². The minimum Gasteiger partial charge on any atom is -0.378 e. The molecule has 6 nitrogen and oxygen atoms in total. The first-order valence-corrected chi connectivity index (χ1v) is 7.24. The lowest BCUT2D eigenvalue weighted by Gasteiger charge is -2.23. The fourth-order valence-corrected chi connectivity index (χ4v) is 2.65. The molecule has 1 saturated heterocycles. The lowest BCUT2D eigenvalue weighted by molar-refractivity contribution is -0.117. The van der Waals surface area contributed by atoms with Crippen LogP contribution in [0.1, 0.15) is 18.4 Å². The number of hydrogen-bond donors (Lipinski definition) is 3. The van der Waals surface area contributed by atoms with E-state index in [4.69, 9.17) is 4.74 Å². The van der Waals surface area contributed by atoms with Gasteiger partial charge in [-0.25, -0.2) is 0 Å². The lowest BCUT2D eigenvalue weighted by Crippen LogP contribution is -2.43. The largest absolute Gasteiger partial charge is 0.378 e. The summed E-state index contributed by atoms with van der Waals surface area (Å²) in [4.78, 5) is 23.3. The fraction of sp³-hybridized carbons (Fsp3) is 0.467. The fourth-order valence-electron chi connectivity index (χ4n) is 2.65. The molecule has 2 aliphatic heterocycles. The molecule has 120 valence electrons. The molecule has 0 aromatic heterocycles. The topological polar surface area (TPSA) is 79.5 Å². The maximum atomic E-state index is 12.0. The van der Waals surface area contributed by atoms with Gasteiger partial charge in [0.15, 0.2) is 0 Å². The first-order valence-electron chi connectivity index (χ1n) is 7.24. The number of aryl methyl sites for hydroxylation is 1. The molecule has 1 fully saturated rings. The highest BCUT2D eigenvalue weighted by atomic mass is 35.5. The second-order valence-corrected chi connectivity index (χ2v) is 5.40. The number of anilines is 2. The smallest absolute Gasteiger partial charge is 0.226 e. The van der Waals surface area contributed by atoms with Crippen molar-refractivity contribution in [2.75, 3.05) is 30.4 Å². The standard InChI is InChI=1S/C15H19N3O3.ClH/c19-14-4-1-10-7-11(2-3-13(10)18-14)17-15(20)8-12-9-21-6-5-16-12;/h2-3,7,12,16H,1,4-6,8-9H2,(H,17,20)(H,18,19);1H. The van der Waals surface area contributed by atoms with Crippen molar-refractivity contribution in [1.82, 2.24) is 5.32 Å². The maximum absolute atomic E-state index is 12.0. The average Bonchev–Trinajstić information content (AvgIpc) is 2.48. The number of carbonyl (C=O) groups excluding carboxylic acids is 2. The van der Waals surface area contributed by atoms with Crippen LogP contribution in [0.25, 0.3) is 0 Å². The summed E-state index contributed by atoms with van der Waals surface area (Å²) < 4.78 is 5.33. The van der Waals surface area contributed by atoms with Gasteiger partial charge < -0.3 is 20.7 Å². The predicted molar refractivity (Wildman–Crippen MR) is 86.5 cm³/mol. The summed E-state index contributed by atoms with van der Waals surface area (Å²) in [6, 6.07) is 5.66. The lowest BCUT2D eigenvalue weighted by atomic mass is 10.0. The summed E-state index contributed by atoms with van der Waals surface area (Å²) >= 11 is 0. The molecule has 22 heavy (non-hydrogen) atoms. The SMILES string of the molecule is Cl.O=C(CC1COCCN1)Nc1ccc2c(c1)CCC(=O)N2. The van der Waals surface area contributed by atoms with E-state index in [2.05, 4.69) is 16.0 Å². The highest BCUT2D eigenvalue weighted by Crippen LogP contribution is 2.25. The molecule has 2 aliphatic rings. The molecule has 0 bridgehead atoms. The molecule has 0 aliphatic carbocycles. The first kappa shape index (κ1) is 16.7. The molecular weight excluding hydrogens is 306 g/mol. The number of nitrogens with one attached hydrogen (secondary N) is 3. The molecule has 0 spiro atoms. The van der Waals surface area contributed by atoms with Crippen molar-refractivity contribution < 1.29 is 14.3 Å². The Balaban J connectivity index is 0.00000176. The van der Waals surface area contributed by atoms with Crippen LogP contribution in [-0.4, -0.2) is 37.6 Å². The molecule has 2 amide bonds. The average molecular weight is 326 g/mol. The van der Waals surface area contributed by atoms with Gasteiger partial charge >= 0.3 is 0 Å². The van der Waals surface area contributed by atoms with Crippen LogP contribution >= 0.6 is 12.4 Å². The third-order valence-corrected chi connectivity index (χ3v) is 3.71. The molecule has 3 rings (SSSR count). The Morgan fingerprint density at radius 1 is 1.36 bits per heavy atom. The van der Waals surface area contributed by atoms with Crippen molar-refractivity contribution in [3.8, 4) is 0 Å². The molecule has 1 atom stereocenters. The van der Waals surface area contributed by atoms with E-state index in [1.807, 2.05) is 18.2 Å². The Morgan fingerprint density at radius 2 is 2.23 bits per heavy atom. The highest BCUT2D eigenvalue weighted by Gasteiger charge is 2.18. The minimum absolute atomic E-state index is 0. The van der Waals surface area contributed by atoms with Gasteiger partial charge in [-0.2, -0.15) is 0 Å². The van der Waals surface area contributed by atoms with Crippen LogP contribution in [0.15, 0.2) is 18.2 Å². The highest BCUT2D eigenvalue weighted by molar-refractivity contribution is 5.95. The Hall–Kier alpha value is -1.63. The van der Waals surface area contributed by atoms with Crippen LogP contribution in [-0.2, 0) is 20.7 Å². The zero-order chi connectivity index (χ0) is 14.7. The van der Waals surface area contributed by atoms with Crippen molar-refractivity contribution >= 4 is 35.6 Å². The van der Waals surface area contributed by atoms with Crippen LogP contribution in [0.2, 0.25) is 0 Å². The van der Waals surface area contributed by atoms with Gasteiger partial charge in [-0.3, -0.25) is 9.59 Å². The van der Waals surface area contributed by atoms with E-state index >= 15 is 0 Å². The van der Waals surface area contributed by atoms with Gasteiger partial charge in [0.1, 0.15) is 0 Å². The van der Waals surface area contributed by atoms with Crippen LogP contribution < -0.4 is 16.0 Å². The quantitative estimate of drug-likeness (QED) is 0.783. The number of amides is 2. The zero-order valence-electron chi connectivity index (χ0n) is 12.2. The molecule has 1 aromatic rings. The molecule has 0 radical (unpaired) electrons. The molecule has 7 heteroatoms. The van der Waals surface area contributed by atoms with E-state index in [0.29, 0.717) is 32.5 Å². The van der Waals surface area contributed by atoms with Gasteiger partial charge in [0.25, 0.3) is 0 Å². The van der Waals surface area contributed by atoms with Gasteiger partial charge in [-0.1, -0.05) is 0 Å². The first-order chi connectivity index (χ1) is 10.2. The number of fused-ring (bicyclic) bond motifs is 1. The maximum Gasteiger partial charge on any atom is 0.226 e. The Kier molecular flexibility index (Phi) is 5.76. The number of rotatable bonds is 3. The van der Waals surface area contributed by atoms with Crippen molar-refractivity contribution in [3.05, 3.63) is 23.8 Å². The summed E-state index contributed by atoms with van der Waals surface area (Å²) in [5.41, 5.74) is 2.67. The monoisotopic (exact) mass is 325 g/mol. The Bertz CT molecular complexity index is 559. The summed E-state index contributed by atoms with van der Waals surface area (Å²) in [7, 11) is 0. The van der Waals surface area contributed by atoms with E-state index in [0.717, 1.165) is 23.5 Å². The number of carbonyl (C=O) groups is 2. The van der Waals surface area contributed by atoms with Gasteiger partial charge in [0.05, 0.1) is 13.2 Å². The van der Waals surface area contributed by atoms with Crippen LogP contribution in [0.3, 0.4) is 0 Å². The van der Waals surface area contributed by atoms with Gasteiger partial charge in [-0.15, -0.1) is 12.4 Å². The van der Waals surface area contributed by atoms with Gasteiger partial charge in [0.2, 0.25) is 11.8 Å². The Morgan fingerprint density at radius 3 is 3.00 bits per heavy atom. The van der Waals surface area contributed by atoms with Gasteiger partial charge in [-0.05, 0) is 30.2 Å². The van der Waals surface area contributed by atoms with E-state index < -0.39 is 0 Å². The molecule has 0 saturated carbocycles. The van der Waals surface area contributed by atoms with Crippen molar-refractivity contribution in [1.29, 1.82) is 0 Å². The second-order valence-electron chi connectivity index (χ2n) is 5.40. The van der Waals surface area contributed by atoms with E-state index in [-0.39, 0.29) is 30.3 Å². The Labute approximate surface area is 135 Å². The summed E-state index contributed by atoms with van der Waals surface area (Å²) in [5, 5.41) is 8.99. The molecule has 1 aromatic carbocycles. The molecule has 2 heterocycles. The summed E-state index contributed by atoms with van der Waals surface area (Å²) in [6.45, 7) is 2.06. The number of morpholine rings is 1. The van der Waals surface area contributed by atoms with Crippen molar-refractivity contribution in [3.63, 3.8) is 0 Å². The molecule has 1 unspecified atom stereocenters. The van der Waals surface area contributed by atoms with Crippen molar-refractivity contribution in [2.24, 2.45) is 0 Å². The minimum atomic E-state index is -0.0298. The normalized spacial score (nSPS) is 20.4. The van der Waals surface area contributed by atoms with Crippen molar-refractivity contribution in [2.45, 2.75) is 25.3 Å².